The molecule has 1 aromatic rings. The summed E-state index contributed by atoms with van der Waals surface area (Å²) < 4.78 is 0. The maximum atomic E-state index is 5.92. The van der Waals surface area contributed by atoms with Crippen LogP contribution in [0.25, 0.3) is 0 Å². The lowest BCUT2D eigenvalue weighted by Gasteiger charge is -2.28. The highest BCUT2D eigenvalue weighted by Gasteiger charge is 2.24. The Balaban J connectivity index is 1.86. The first-order valence-corrected chi connectivity index (χ1v) is 7.85. The Morgan fingerprint density at radius 1 is 0.952 bits per heavy atom. The minimum absolute atomic E-state index is 0.326. The van der Waals surface area contributed by atoms with Crippen LogP contribution in [0.3, 0.4) is 0 Å². The average Bonchev–Trinajstić information content (AvgIpc) is 2.91. The average molecular weight is 291 g/mol. The van der Waals surface area contributed by atoms with Crippen LogP contribution in [-0.4, -0.2) is 65.7 Å². The van der Waals surface area contributed by atoms with E-state index in [0.29, 0.717) is 12.0 Å². The van der Waals surface area contributed by atoms with Crippen molar-refractivity contribution in [2.45, 2.75) is 32.2 Å². The molecule has 21 heavy (non-hydrogen) atoms. The molecule has 7 nitrogen and oxygen atoms in total. The summed E-state index contributed by atoms with van der Waals surface area (Å²) in [5.41, 5.74) is 5.92. The van der Waals surface area contributed by atoms with Crippen molar-refractivity contribution in [2.75, 3.05) is 55.3 Å². The molecule has 0 aromatic carbocycles. The molecule has 2 saturated heterocycles. The van der Waals surface area contributed by atoms with Gasteiger partial charge < -0.3 is 20.4 Å². The quantitative estimate of drug-likeness (QED) is 0.854. The van der Waals surface area contributed by atoms with E-state index in [9.17, 15) is 0 Å². The van der Waals surface area contributed by atoms with E-state index in [1.807, 2.05) is 0 Å². The molecule has 2 N–H and O–H groups in total. The van der Waals surface area contributed by atoms with E-state index in [-0.39, 0.29) is 0 Å². The summed E-state index contributed by atoms with van der Waals surface area (Å²) in [4.78, 5) is 20.2. The van der Waals surface area contributed by atoms with E-state index < -0.39 is 0 Å². The van der Waals surface area contributed by atoms with Gasteiger partial charge in [0.1, 0.15) is 0 Å². The zero-order valence-electron chi connectivity index (χ0n) is 13.0. The highest BCUT2D eigenvalue weighted by atomic mass is 15.4. The Kier molecular flexibility index (Phi) is 4.10. The van der Waals surface area contributed by atoms with Gasteiger partial charge in [0.15, 0.2) is 0 Å². The lowest BCUT2D eigenvalue weighted by Crippen LogP contribution is -2.39. The van der Waals surface area contributed by atoms with Crippen molar-refractivity contribution in [2.24, 2.45) is 0 Å². The number of nitrogens with zero attached hydrogens (tertiary/aromatic N) is 6. The highest BCUT2D eigenvalue weighted by Crippen LogP contribution is 2.22. The van der Waals surface area contributed by atoms with E-state index in [0.717, 1.165) is 51.0 Å². The number of anilines is 3. The zero-order chi connectivity index (χ0) is 14.8. The first-order chi connectivity index (χ1) is 10.1. The number of nitrogen functional groups attached to an aromatic ring is 1. The lowest BCUT2D eigenvalue weighted by molar-refractivity contribution is 0.337. The van der Waals surface area contributed by atoms with Gasteiger partial charge in [0, 0.05) is 32.2 Å². The van der Waals surface area contributed by atoms with Crippen LogP contribution in [-0.2, 0) is 0 Å². The molecule has 0 radical (unpaired) electrons. The Bertz CT molecular complexity index is 486. The SMILES string of the molecule is CC1CN(C)CCCN1c1nc(N)nc(N2CCCC2)n1. The minimum Gasteiger partial charge on any atom is -0.368 e. The molecule has 1 aromatic heterocycles. The molecule has 7 heteroatoms. The Hall–Kier alpha value is -1.63. The maximum absolute atomic E-state index is 5.92. The molecule has 1 atom stereocenters. The number of likely N-dealkylation sites (N-methyl/N-ethyl adjacent to an activating group) is 1. The van der Waals surface area contributed by atoms with E-state index >= 15 is 0 Å². The normalized spacial score (nSPS) is 24.4. The van der Waals surface area contributed by atoms with E-state index in [4.69, 9.17) is 5.73 Å². The first-order valence-electron chi connectivity index (χ1n) is 7.85. The standard InChI is InChI=1S/C14H25N7/c1-11-10-19(2)6-5-9-21(11)14-17-12(15)16-13(18-14)20-7-3-4-8-20/h11H,3-10H2,1-2H3,(H2,15,16,17,18). The van der Waals surface area contributed by atoms with Crippen LogP contribution < -0.4 is 15.5 Å². The second kappa shape index (κ2) is 6.01. The highest BCUT2D eigenvalue weighted by molar-refractivity contribution is 5.44. The molecule has 2 aliphatic rings. The fraction of sp³-hybridized carbons (Fsp3) is 0.786. The molecule has 0 saturated carbocycles. The summed E-state index contributed by atoms with van der Waals surface area (Å²) in [6.07, 6.45) is 3.52. The summed E-state index contributed by atoms with van der Waals surface area (Å²) >= 11 is 0. The molecule has 0 spiro atoms. The van der Waals surface area contributed by atoms with Crippen LogP contribution in [0.15, 0.2) is 0 Å². The second-order valence-corrected chi connectivity index (χ2v) is 6.15. The van der Waals surface area contributed by atoms with Crippen molar-refractivity contribution in [3.8, 4) is 0 Å². The van der Waals surface area contributed by atoms with E-state index in [1.54, 1.807) is 0 Å². The molecule has 0 amide bonds. The second-order valence-electron chi connectivity index (χ2n) is 6.15. The van der Waals surface area contributed by atoms with Crippen molar-refractivity contribution in [1.82, 2.24) is 19.9 Å². The van der Waals surface area contributed by atoms with Gasteiger partial charge >= 0.3 is 0 Å². The van der Waals surface area contributed by atoms with Gasteiger partial charge in [-0.3, -0.25) is 0 Å². The molecule has 2 fully saturated rings. The molecule has 0 bridgehead atoms. The van der Waals surface area contributed by atoms with Gasteiger partial charge in [0.05, 0.1) is 0 Å². The van der Waals surface area contributed by atoms with Crippen LogP contribution in [0.2, 0.25) is 0 Å². The van der Waals surface area contributed by atoms with E-state index in [2.05, 4.69) is 43.6 Å². The van der Waals surface area contributed by atoms with Crippen molar-refractivity contribution in [3.63, 3.8) is 0 Å². The van der Waals surface area contributed by atoms with Crippen LogP contribution in [0.5, 0.6) is 0 Å². The van der Waals surface area contributed by atoms with Crippen molar-refractivity contribution in [1.29, 1.82) is 0 Å². The fourth-order valence-electron chi connectivity index (χ4n) is 3.23. The Morgan fingerprint density at radius 2 is 1.67 bits per heavy atom. The van der Waals surface area contributed by atoms with Crippen LogP contribution in [0, 0.1) is 0 Å². The third-order valence-electron chi connectivity index (χ3n) is 4.32. The number of nitrogens with two attached hydrogens (primary N) is 1. The van der Waals surface area contributed by atoms with Crippen LogP contribution >= 0.6 is 0 Å². The smallest absolute Gasteiger partial charge is 0.232 e. The van der Waals surface area contributed by atoms with Crippen LogP contribution in [0.4, 0.5) is 17.8 Å². The van der Waals surface area contributed by atoms with Gasteiger partial charge in [0.25, 0.3) is 0 Å². The summed E-state index contributed by atoms with van der Waals surface area (Å²) in [5, 5.41) is 0. The van der Waals surface area contributed by atoms with Gasteiger partial charge in [0.2, 0.25) is 17.8 Å². The monoisotopic (exact) mass is 291 g/mol. The summed E-state index contributed by atoms with van der Waals surface area (Å²) in [7, 11) is 2.16. The Morgan fingerprint density at radius 3 is 2.43 bits per heavy atom. The summed E-state index contributed by atoms with van der Waals surface area (Å²) in [6, 6.07) is 0.380. The number of rotatable bonds is 2. The molecule has 116 valence electrons. The number of aromatic nitrogens is 3. The van der Waals surface area contributed by atoms with Gasteiger partial charge in [-0.05, 0) is 39.8 Å². The largest absolute Gasteiger partial charge is 0.368 e. The number of hydrogen-bond donors (Lipinski definition) is 1. The molecule has 1 unspecified atom stereocenters. The summed E-state index contributed by atoms with van der Waals surface area (Å²) in [6.45, 7) is 7.35. The predicted octanol–water partition coefficient (Wildman–Crippen LogP) is 0.584. The molecule has 3 rings (SSSR count). The lowest BCUT2D eigenvalue weighted by atomic mass is 10.3. The van der Waals surface area contributed by atoms with Gasteiger partial charge in [-0.1, -0.05) is 0 Å². The van der Waals surface area contributed by atoms with Crippen molar-refractivity contribution >= 4 is 17.8 Å². The van der Waals surface area contributed by atoms with Crippen molar-refractivity contribution in [3.05, 3.63) is 0 Å². The zero-order valence-corrected chi connectivity index (χ0v) is 13.0. The minimum atomic E-state index is 0.326. The molecule has 3 heterocycles. The molecule has 0 aliphatic carbocycles. The molecule has 2 aliphatic heterocycles. The van der Waals surface area contributed by atoms with Crippen LogP contribution in [0.1, 0.15) is 26.2 Å². The van der Waals surface area contributed by atoms with Gasteiger partial charge in [-0.25, -0.2) is 0 Å². The predicted molar refractivity (Wildman–Crippen MR) is 84.6 cm³/mol. The third kappa shape index (κ3) is 3.18. The summed E-state index contributed by atoms with van der Waals surface area (Å²) in [5.74, 6) is 1.79. The van der Waals surface area contributed by atoms with E-state index in [1.165, 1.54) is 12.8 Å². The first kappa shape index (κ1) is 14.3. The molecular weight excluding hydrogens is 266 g/mol. The van der Waals surface area contributed by atoms with Gasteiger partial charge in [-0.15, -0.1) is 0 Å². The van der Waals surface area contributed by atoms with Crippen molar-refractivity contribution < 1.29 is 0 Å². The number of hydrogen-bond acceptors (Lipinski definition) is 7. The fourth-order valence-corrected chi connectivity index (χ4v) is 3.23. The Labute approximate surface area is 126 Å². The van der Waals surface area contributed by atoms with Gasteiger partial charge in [-0.2, -0.15) is 15.0 Å². The molecular formula is C14H25N7. The maximum Gasteiger partial charge on any atom is 0.232 e. The topological polar surface area (TPSA) is 74.4 Å². The third-order valence-corrected chi connectivity index (χ3v) is 4.32.